The second-order valence-electron chi connectivity index (χ2n) is 5.29. The molecule has 0 saturated heterocycles. The maximum atomic E-state index is 11.7. The van der Waals surface area contributed by atoms with Gasteiger partial charge in [0, 0.05) is 11.4 Å². The van der Waals surface area contributed by atoms with Crippen LogP contribution in [0.2, 0.25) is 0 Å². The van der Waals surface area contributed by atoms with Crippen molar-refractivity contribution in [1.82, 2.24) is 5.32 Å². The van der Waals surface area contributed by atoms with Gasteiger partial charge in [-0.1, -0.05) is 18.2 Å². The van der Waals surface area contributed by atoms with E-state index in [-0.39, 0.29) is 6.61 Å². The van der Waals surface area contributed by atoms with Crippen LogP contribution in [0.15, 0.2) is 54.6 Å². The Kier molecular flexibility index (Phi) is 6.55. The zero-order valence-corrected chi connectivity index (χ0v) is 14.1. The Morgan fingerprint density at radius 1 is 1.00 bits per heavy atom. The highest BCUT2D eigenvalue weighted by Crippen LogP contribution is 2.19. The predicted octanol–water partition coefficient (Wildman–Crippen LogP) is 1.94. The van der Waals surface area contributed by atoms with E-state index in [9.17, 15) is 14.4 Å². The number of esters is 1. The number of benzene rings is 2. The Bertz CT molecular complexity index is 762. The standard InChI is InChI=1S/C18H19N3O5/c1-12(17(23)21-18(19)24)26-16(22)11-25-15-9-7-14(8-10-15)20-13-5-3-2-4-6-13/h2-10,12,20H,11H2,1H3,(H3,19,21,23,24)/t12-/m0/s1. The van der Waals surface area contributed by atoms with Crippen LogP contribution in [0.1, 0.15) is 6.92 Å². The number of ether oxygens (including phenoxy) is 2. The first-order valence-corrected chi connectivity index (χ1v) is 7.79. The van der Waals surface area contributed by atoms with Crippen LogP contribution in [0, 0.1) is 0 Å². The van der Waals surface area contributed by atoms with Crippen LogP contribution in [-0.2, 0) is 14.3 Å². The third kappa shape index (κ3) is 6.16. The van der Waals surface area contributed by atoms with Crippen LogP contribution >= 0.6 is 0 Å². The summed E-state index contributed by atoms with van der Waals surface area (Å²) >= 11 is 0. The summed E-state index contributed by atoms with van der Waals surface area (Å²) in [6, 6.07) is 15.6. The number of primary amides is 1. The molecule has 0 aliphatic heterocycles. The van der Waals surface area contributed by atoms with Gasteiger partial charge in [-0.25, -0.2) is 9.59 Å². The molecule has 2 aromatic carbocycles. The number of rotatable bonds is 7. The van der Waals surface area contributed by atoms with Crippen molar-refractivity contribution in [3.8, 4) is 5.75 Å². The van der Waals surface area contributed by atoms with Crippen LogP contribution in [0.5, 0.6) is 5.75 Å². The first kappa shape index (κ1) is 18.8. The van der Waals surface area contributed by atoms with Gasteiger partial charge in [-0.2, -0.15) is 0 Å². The van der Waals surface area contributed by atoms with E-state index in [1.54, 1.807) is 24.3 Å². The molecular weight excluding hydrogens is 338 g/mol. The van der Waals surface area contributed by atoms with Gasteiger partial charge in [0.1, 0.15) is 5.75 Å². The van der Waals surface area contributed by atoms with E-state index in [4.69, 9.17) is 15.2 Å². The van der Waals surface area contributed by atoms with E-state index >= 15 is 0 Å². The minimum Gasteiger partial charge on any atom is -0.482 e. The number of hydrogen-bond acceptors (Lipinski definition) is 6. The highest BCUT2D eigenvalue weighted by Gasteiger charge is 2.19. The van der Waals surface area contributed by atoms with Gasteiger partial charge < -0.3 is 20.5 Å². The maximum absolute atomic E-state index is 11.7. The zero-order valence-electron chi connectivity index (χ0n) is 14.1. The number of amides is 3. The topological polar surface area (TPSA) is 120 Å². The minimum absolute atomic E-state index is 0.375. The number of imide groups is 1. The Morgan fingerprint density at radius 3 is 2.23 bits per heavy atom. The van der Waals surface area contributed by atoms with Crippen LogP contribution in [0.4, 0.5) is 16.2 Å². The molecule has 26 heavy (non-hydrogen) atoms. The lowest BCUT2D eigenvalue weighted by Crippen LogP contribution is -2.42. The fourth-order valence-corrected chi connectivity index (χ4v) is 1.97. The van der Waals surface area contributed by atoms with Crippen molar-refractivity contribution in [3.63, 3.8) is 0 Å². The molecule has 0 fully saturated rings. The van der Waals surface area contributed by atoms with Crippen molar-refractivity contribution in [2.24, 2.45) is 5.73 Å². The fraction of sp³-hybridized carbons (Fsp3) is 0.167. The highest BCUT2D eigenvalue weighted by molar-refractivity contribution is 5.96. The summed E-state index contributed by atoms with van der Waals surface area (Å²) in [6.07, 6.45) is -1.16. The van der Waals surface area contributed by atoms with E-state index in [1.807, 2.05) is 35.6 Å². The van der Waals surface area contributed by atoms with Crippen molar-refractivity contribution >= 4 is 29.3 Å². The zero-order chi connectivity index (χ0) is 18.9. The number of hydrogen-bond donors (Lipinski definition) is 3. The molecule has 2 aromatic rings. The Hall–Kier alpha value is -3.55. The summed E-state index contributed by atoms with van der Waals surface area (Å²) in [5.41, 5.74) is 6.63. The monoisotopic (exact) mass is 357 g/mol. The van der Waals surface area contributed by atoms with E-state index in [2.05, 4.69) is 5.32 Å². The lowest BCUT2D eigenvalue weighted by molar-refractivity contribution is -0.156. The van der Waals surface area contributed by atoms with Crippen LogP contribution < -0.4 is 21.1 Å². The van der Waals surface area contributed by atoms with Gasteiger partial charge in [0.2, 0.25) is 0 Å². The third-order valence-electron chi connectivity index (χ3n) is 3.20. The molecule has 0 heterocycles. The lowest BCUT2D eigenvalue weighted by atomic mass is 10.2. The summed E-state index contributed by atoms with van der Waals surface area (Å²) in [7, 11) is 0. The van der Waals surface area contributed by atoms with Crippen LogP contribution in [0.25, 0.3) is 0 Å². The molecule has 0 radical (unpaired) electrons. The molecule has 0 spiro atoms. The summed E-state index contributed by atoms with van der Waals surface area (Å²) in [5, 5.41) is 5.04. The Morgan fingerprint density at radius 2 is 1.62 bits per heavy atom. The van der Waals surface area contributed by atoms with Gasteiger partial charge >= 0.3 is 12.0 Å². The molecule has 8 heteroatoms. The average Bonchev–Trinajstić information content (AvgIpc) is 2.61. The van der Waals surface area contributed by atoms with Gasteiger partial charge in [0.25, 0.3) is 5.91 Å². The third-order valence-corrected chi connectivity index (χ3v) is 3.20. The number of nitrogens with one attached hydrogen (secondary N) is 2. The van der Waals surface area contributed by atoms with Gasteiger partial charge in [-0.15, -0.1) is 0 Å². The first-order chi connectivity index (χ1) is 12.4. The normalized spacial score (nSPS) is 11.1. The largest absolute Gasteiger partial charge is 0.482 e. The molecule has 0 saturated carbocycles. The van der Waals surface area contributed by atoms with E-state index in [0.717, 1.165) is 11.4 Å². The van der Waals surface area contributed by atoms with Crippen molar-refractivity contribution in [1.29, 1.82) is 0 Å². The smallest absolute Gasteiger partial charge is 0.344 e. The van der Waals surface area contributed by atoms with Crippen molar-refractivity contribution < 1.29 is 23.9 Å². The van der Waals surface area contributed by atoms with Crippen molar-refractivity contribution in [3.05, 3.63) is 54.6 Å². The molecule has 3 amide bonds. The van der Waals surface area contributed by atoms with Gasteiger partial charge in [-0.3, -0.25) is 10.1 Å². The number of para-hydroxylation sites is 1. The molecule has 2 rings (SSSR count). The number of carbonyl (C=O) groups is 3. The fourth-order valence-electron chi connectivity index (χ4n) is 1.97. The quantitative estimate of drug-likeness (QED) is 0.651. The minimum atomic E-state index is -1.16. The lowest BCUT2D eigenvalue weighted by Gasteiger charge is -2.12. The van der Waals surface area contributed by atoms with Gasteiger partial charge in [0.15, 0.2) is 12.7 Å². The first-order valence-electron chi connectivity index (χ1n) is 7.79. The van der Waals surface area contributed by atoms with Crippen molar-refractivity contribution in [2.75, 3.05) is 11.9 Å². The second-order valence-corrected chi connectivity index (χ2v) is 5.29. The highest BCUT2D eigenvalue weighted by atomic mass is 16.6. The van der Waals surface area contributed by atoms with Crippen LogP contribution in [-0.4, -0.2) is 30.6 Å². The summed E-state index contributed by atoms with van der Waals surface area (Å²) in [6.45, 7) is 0.944. The molecule has 0 aliphatic rings. The Balaban J connectivity index is 1.79. The molecule has 0 aliphatic carbocycles. The molecule has 0 bridgehead atoms. The number of anilines is 2. The molecule has 4 N–H and O–H groups in total. The molecule has 136 valence electrons. The average molecular weight is 357 g/mol. The van der Waals surface area contributed by atoms with E-state index in [0.29, 0.717) is 5.75 Å². The van der Waals surface area contributed by atoms with Gasteiger partial charge in [-0.05, 0) is 43.3 Å². The number of nitrogens with two attached hydrogens (primary N) is 1. The van der Waals surface area contributed by atoms with Crippen LogP contribution in [0.3, 0.4) is 0 Å². The van der Waals surface area contributed by atoms with Crippen molar-refractivity contribution in [2.45, 2.75) is 13.0 Å². The molecule has 1 atom stereocenters. The maximum Gasteiger partial charge on any atom is 0.344 e. The summed E-state index contributed by atoms with van der Waals surface area (Å²) in [5.74, 6) is -1.08. The number of urea groups is 1. The van der Waals surface area contributed by atoms with E-state index < -0.39 is 24.0 Å². The molecule has 0 unspecified atom stereocenters. The molecule has 8 nitrogen and oxygen atoms in total. The Labute approximate surface area is 150 Å². The summed E-state index contributed by atoms with van der Waals surface area (Å²) < 4.78 is 10.2. The predicted molar refractivity (Wildman–Crippen MR) is 94.9 cm³/mol. The van der Waals surface area contributed by atoms with E-state index in [1.165, 1.54) is 6.92 Å². The molecule has 0 aromatic heterocycles. The molecular formula is C18H19N3O5. The second kappa shape index (κ2) is 9.07. The van der Waals surface area contributed by atoms with Gasteiger partial charge in [0.05, 0.1) is 0 Å². The summed E-state index contributed by atoms with van der Waals surface area (Å²) in [4.78, 5) is 33.7. The number of carbonyl (C=O) groups excluding carboxylic acids is 3. The SMILES string of the molecule is C[C@H](OC(=O)COc1ccc(Nc2ccccc2)cc1)C(=O)NC(N)=O.